The number of amides is 3. The third kappa shape index (κ3) is 4.27. The molecular weight excluding hydrogens is 440 g/mol. The minimum atomic E-state index is -4.11. The van der Waals surface area contributed by atoms with E-state index in [2.05, 4.69) is 10.6 Å². The van der Waals surface area contributed by atoms with Gasteiger partial charge in [-0.25, -0.2) is 17.5 Å². The van der Waals surface area contributed by atoms with Crippen molar-refractivity contribution in [1.82, 2.24) is 9.62 Å². The Morgan fingerprint density at radius 3 is 2.33 bits per heavy atom. The Hall–Kier alpha value is -3.85. The summed E-state index contributed by atoms with van der Waals surface area (Å²) in [6, 6.07) is 18.3. The van der Waals surface area contributed by atoms with Crippen LogP contribution in [0.5, 0.6) is 0 Å². The van der Waals surface area contributed by atoms with E-state index in [-0.39, 0.29) is 10.8 Å². The van der Waals surface area contributed by atoms with Gasteiger partial charge in [0, 0.05) is 16.9 Å². The summed E-state index contributed by atoms with van der Waals surface area (Å²) in [7, 11) is -4.11. The van der Waals surface area contributed by atoms with Crippen molar-refractivity contribution in [2.24, 2.45) is 0 Å². The van der Waals surface area contributed by atoms with Crippen molar-refractivity contribution in [3.8, 4) is 0 Å². The highest BCUT2D eigenvalue weighted by atomic mass is 32.2. The Morgan fingerprint density at radius 2 is 1.70 bits per heavy atom. The van der Waals surface area contributed by atoms with E-state index >= 15 is 0 Å². The Bertz CT molecular complexity index is 1310. The van der Waals surface area contributed by atoms with Crippen molar-refractivity contribution in [3.05, 3.63) is 89.5 Å². The predicted octanol–water partition coefficient (Wildman–Crippen LogP) is 3.67. The number of urea groups is 1. The molecule has 33 heavy (non-hydrogen) atoms. The maximum atomic E-state index is 13.3. The summed E-state index contributed by atoms with van der Waals surface area (Å²) >= 11 is 0. The number of nitrogen functional groups attached to an aromatic ring is 1. The van der Waals surface area contributed by atoms with E-state index in [0.717, 1.165) is 9.87 Å². The summed E-state index contributed by atoms with van der Waals surface area (Å²) in [6.07, 6.45) is 0. The Kier molecular flexibility index (Phi) is 5.82. The first-order chi connectivity index (χ1) is 15.7. The molecular formula is C24H24N4O4S. The average molecular weight is 465 g/mol. The van der Waals surface area contributed by atoms with Crippen LogP contribution >= 0.6 is 0 Å². The van der Waals surface area contributed by atoms with Crippen LogP contribution in [-0.4, -0.2) is 30.7 Å². The molecule has 4 rings (SSSR count). The molecule has 0 radical (unpaired) electrons. The summed E-state index contributed by atoms with van der Waals surface area (Å²) in [6.45, 7) is 3.39. The fraction of sp³-hybridized carbons (Fsp3) is 0.167. The molecule has 0 aromatic heterocycles. The molecule has 0 spiro atoms. The maximum absolute atomic E-state index is 13.3. The summed E-state index contributed by atoms with van der Waals surface area (Å²) in [5.41, 5.74) is 8.47. The lowest BCUT2D eigenvalue weighted by molar-refractivity contribution is 0.102. The quantitative estimate of drug-likeness (QED) is 0.498. The van der Waals surface area contributed by atoms with Gasteiger partial charge in [-0.15, -0.1) is 0 Å². The molecule has 1 aliphatic heterocycles. The maximum Gasteiger partial charge on any atom is 0.332 e. The number of hydrogen-bond donors (Lipinski definition) is 3. The summed E-state index contributed by atoms with van der Waals surface area (Å²) in [5, 5.41) is 5.53. The molecule has 3 amide bonds. The number of nitrogens with zero attached hydrogens (tertiary/aromatic N) is 1. The molecule has 0 saturated carbocycles. The minimum absolute atomic E-state index is 0.0267. The van der Waals surface area contributed by atoms with Crippen LogP contribution in [0.15, 0.2) is 77.7 Å². The van der Waals surface area contributed by atoms with Crippen LogP contribution in [0.2, 0.25) is 0 Å². The molecule has 4 N–H and O–H groups in total. The van der Waals surface area contributed by atoms with Gasteiger partial charge in [0.05, 0.1) is 17.0 Å². The molecule has 1 fully saturated rings. The topological polar surface area (TPSA) is 122 Å². The zero-order chi connectivity index (χ0) is 23.8. The van der Waals surface area contributed by atoms with E-state index in [9.17, 15) is 18.0 Å². The normalized spacial score (nSPS) is 18.1. The fourth-order valence-corrected chi connectivity index (χ4v) is 5.49. The Balaban J connectivity index is 1.57. The van der Waals surface area contributed by atoms with Gasteiger partial charge in [0.2, 0.25) is 0 Å². The van der Waals surface area contributed by atoms with E-state index in [4.69, 9.17) is 5.73 Å². The van der Waals surface area contributed by atoms with E-state index in [1.54, 1.807) is 38.1 Å². The number of aryl methyl sites for hydroxylation is 1. The first-order valence-electron chi connectivity index (χ1n) is 10.4. The second-order valence-corrected chi connectivity index (χ2v) is 9.75. The summed E-state index contributed by atoms with van der Waals surface area (Å²) < 4.78 is 27.6. The smallest absolute Gasteiger partial charge is 0.332 e. The number of sulfonamides is 1. The highest BCUT2D eigenvalue weighted by Gasteiger charge is 2.44. The average Bonchev–Trinajstić information content (AvgIpc) is 3.10. The van der Waals surface area contributed by atoms with Gasteiger partial charge in [0.1, 0.15) is 0 Å². The van der Waals surface area contributed by atoms with Crippen LogP contribution in [0.1, 0.15) is 34.5 Å². The van der Waals surface area contributed by atoms with E-state index in [1.807, 2.05) is 30.3 Å². The van der Waals surface area contributed by atoms with E-state index < -0.39 is 28.1 Å². The third-order valence-electron chi connectivity index (χ3n) is 5.67. The van der Waals surface area contributed by atoms with Gasteiger partial charge >= 0.3 is 6.03 Å². The van der Waals surface area contributed by atoms with Crippen LogP contribution in [0.4, 0.5) is 16.2 Å². The second kappa shape index (κ2) is 8.59. The molecule has 8 nitrogen and oxygen atoms in total. The van der Waals surface area contributed by atoms with Crippen LogP contribution in [0.25, 0.3) is 0 Å². The van der Waals surface area contributed by atoms with Crippen LogP contribution in [-0.2, 0) is 10.0 Å². The molecule has 1 saturated heterocycles. The molecule has 0 aliphatic carbocycles. The zero-order valence-electron chi connectivity index (χ0n) is 18.1. The first-order valence-corrected chi connectivity index (χ1v) is 11.8. The molecule has 9 heteroatoms. The van der Waals surface area contributed by atoms with Gasteiger partial charge in [-0.3, -0.25) is 4.79 Å². The lowest BCUT2D eigenvalue weighted by Gasteiger charge is -2.23. The van der Waals surface area contributed by atoms with E-state index in [1.165, 1.54) is 18.2 Å². The van der Waals surface area contributed by atoms with Crippen molar-refractivity contribution in [1.29, 1.82) is 0 Å². The number of carbonyl (C=O) groups excluding carboxylic acids is 2. The van der Waals surface area contributed by atoms with Crippen molar-refractivity contribution in [2.75, 3.05) is 11.1 Å². The SMILES string of the molecule is Cc1cc(S(=O)(=O)N2C(=O)N[C@@H](c3ccccc3)C2C)ccc1NC(=O)c1ccc(N)cc1. The number of nitrogens with two attached hydrogens (primary N) is 1. The van der Waals surface area contributed by atoms with Crippen molar-refractivity contribution >= 4 is 33.3 Å². The fourth-order valence-electron chi connectivity index (χ4n) is 3.87. The van der Waals surface area contributed by atoms with Gasteiger partial charge in [-0.2, -0.15) is 0 Å². The Labute approximate surface area is 192 Å². The van der Waals surface area contributed by atoms with Gasteiger partial charge in [-0.1, -0.05) is 30.3 Å². The molecule has 2 atom stereocenters. The highest BCUT2D eigenvalue weighted by Crippen LogP contribution is 2.32. The van der Waals surface area contributed by atoms with Gasteiger partial charge in [0.25, 0.3) is 15.9 Å². The van der Waals surface area contributed by atoms with Crippen molar-refractivity contribution in [3.63, 3.8) is 0 Å². The number of benzene rings is 3. The number of carbonyl (C=O) groups is 2. The molecule has 3 aromatic carbocycles. The number of hydrogen-bond acceptors (Lipinski definition) is 5. The van der Waals surface area contributed by atoms with Crippen molar-refractivity contribution in [2.45, 2.75) is 30.8 Å². The number of rotatable bonds is 5. The third-order valence-corrected chi connectivity index (χ3v) is 7.53. The number of nitrogens with one attached hydrogen (secondary N) is 2. The lowest BCUT2D eigenvalue weighted by atomic mass is 10.0. The van der Waals surface area contributed by atoms with Gasteiger partial charge < -0.3 is 16.4 Å². The number of anilines is 2. The monoisotopic (exact) mass is 464 g/mol. The molecule has 1 heterocycles. The summed E-state index contributed by atoms with van der Waals surface area (Å²) in [4.78, 5) is 25.1. The molecule has 1 unspecified atom stereocenters. The lowest BCUT2D eigenvalue weighted by Crippen LogP contribution is -2.38. The largest absolute Gasteiger partial charge is 0.399 e. The van der Waals surface area contributed by atoms with Crippen LogP contribution < -0.4 is 16.4 Å². The van der Waals surface area contributed by atoms with Crippen LogP contribution in [0, 0.1) is 6.92 Å². The van der Waals surface area contributed by atoms with Crippen molar-refractivity contribution < 1.29 is 18.0 Å². The molecule has 1 aliphatic rings. The minimum Gasteiger partial charge on any atom is -0.399 e. The standard InChI is InChI=1S/C24H24N4O4S/c1-15-14-20(12-13-21(15)26-23(29)18-8-10-19(25)11-9-18)33(31,32)28-16(2)22(27-24(28)30)17-6-4-3-5-7-17/h3-14,16,22H,25H2,1-2H3,(H,26,29)(H,27,30)/t16?,22-/m1/s1. The zero-order valence-corrected chi connectivity index (χ0v) is 19.0. The van der Waals surface area contributed by atoms with Crippen LogP contribution in [0.3, 0.4) is 0 Å². The highest BCUT2D eigenvalue weighted by molar-refractivity contribution is 7.89. The van der Waals surface area contributed by atoms with E-state index in [0.29, 0.717) is 22.5 Å². The Morgan fingerprint density at radius 1 is 1.03 bits per heavy atom. The first kappa shape index (κ1) is 22.3. The second-order valence-electron chi connectivity index (χ2n) is 7.93. The van der Waals surface area contributed by atoms with Gasteiger partial charge in [0.15, 0.2) is 0 Å². The molecule has 3 aromatic rings. The summed E-state index contributed by atoms with van der Waals surface area (Å²) in [5.74, 6) is -0.341. The van der Waals surface area contributed by atoms with Gasteiger partial charge in [-0.05, 0) is 67.4 Å². The predicted molar refractivity (Wildman–Crippen MR) is 126 cm³/mol. The molecule has 170 valence electrons. The molecule has 0 bridgehead atoms.